The third kappa shape index (κ3) is 6.04. The van der Waals surface area contributed by atoms with Gasteiger partial charge in [-0.05, 0) is 73.5 Å². The molecule has 6 heteroatoms. The van der Waals surface area contributed by atoms with Crippen LogP contribution in [0.5, 0.6) is 11.5 Å². The normalized spacial score (nSPS) is 11.7. The number of fused-ring (bicyclic) bond motifs is 3. The molecule has 0 aliphatic carbocycles. The van der Waals surface area contributed by atoms with E-state index in [-0.39, 0.29) is 21.1 Å². The summed E-state index contributed by atoms with van der Waals surface area (Å²) in [5.41, 5.74) is 9.27. The van der Waals surface area contributed by atoms with Crippen molar-refractivity contribution in [3.8, 4) is 34.1 Å². The standard InChI is InChI=1S/C40H36N4O.Pt/c1-26(2)15-16-30-22-32(44-29(5)40(28(4)42-44)31-11-7-6-8-12-31)24-34(23-30)45-33-17-18-36-35-13-9-10-14-37(35)43(38(36)25-33)39-21-27(3)19-20-41-39;/h6-14,17-23,26H,15-16H2,1-5H3;/q-2;+2/i9D;. The van der Waals surface area contributed by atoms with Gasteiger partial charge in [0.2, 0.25) is 0 Å². The Morgan fingerprint density at radius 2 is 1.70 bits per heavy atom. The maximum absolute atomic E-state index is 8.27. The van der Waals surface area contributed by atoms with Crippen LogP contribution in [-0.2, 0) is 27.5 Å². The van der Waals surface area contributed by atoms with E-state index in [1.807, 2.05) is 53.3 Å². The summed E-state index contributed by atoms with van der Waals surface area (Å²) in [6, 6.07) is 35.9. The number of aryl methyl sites for hydroxylation is 3. The van der Waals surface area contributed by atoms with Crippen molar-refractivity contribution in [1.29, 1.82) is 0 Å². The SMILES string of the molecule is [2H]c1ccc2c(c1)c1ccc(Oc3[c-]c(-n4nc(C)c(-c5ccccc5)c4C)cc(CCC(C)C)c3)[c-]c1n2-c1cc(C)ccn1.[Pt+2]. The van der Waals surface area contributed by atoms with Crippen LogP contribution in [0.3, 0.4) is 0 Å². The van der Waals surface area contributed by atoms with E-state index >= 15 is 0 Å². The molecule has 0 saturated carbocycles. The number of benzene rings is 4. The molecule has 3 aromatic heterocycles. The first-order valence-electron chi connectivity index (χ1n) is 16.0. The van der Waals surface area contributed by atoms with Gasteiger partial charge in [-0.1, -0.05) is 74.3 Å². The smallest absolute Gasteiger partial charge is 0.509 e. The van der Waals surface area contributed by atoms with E-state index < -0.39 is 0 Å². The zero-order valence-electron chi connectivity index (χ0n) is 27.7. The Bertz CT molecular complexity index is 2220. The van der Waals surface area contributed by atoms with Gasteiger partial charge < -0.3 is 9.30 Å². The van der Waals surface area contributed by atoms with Crippen LogP contribution in [-0.4, -0.2) is 19.3 Å². The van der Waals surface area contributed by atoms with Gasteiger partial charge in [0.25, 0.3) is 0 Å². The quantitative estimate of drug-likeness (QED) is 0.144. The summed E-state index contributed by atoms with van der Waals surface area (Å²) in [5, 5.41) is 6.94. The molecule has 0 amide bonds. The third-order valence-corrected chi connectivity index (χ3v) is 8.33. The summed E-state index contributed by atoms with van der Waals surface area (Å²) in [4.78, 5) is 4.69. The van der Waals surface area contributed by atoms with Gasteiger partial charge in [-0.25, -0.2) is 4.98 Å². The largest absolute Gasteiger partial charge is 2.00 e. The van der Waals surface area contributed by atoms with Gasteiger partial charge in [-0.2, -0.15) is 16.7 Å². The van der Waals surface area contributed by atoms with Crippen LogP contribution in [0.1, 0.15) is 44.2 Å². The monoisotopic (exact) mass is 784 g/mol. The van der Waals surface area contributed by atoms with Gasteiger partial charge >= 0.3 is 21.1 Å². The van der Waals surface area contributed by atoms with Crippen molar-refractivity contribution in [2.75, 3.05) is 0 Å². The molecule has 0 bridgehead atoms. The molecule has 0 aliphatic heterocycles. The fraction of sp³-hybridized carbons (Fsp3) is 0.200. The summed E-state index contributed by atoms with van der Waals surface area (Å²) in [5.74, 6) is 2.57. The van der Waals surface area contributed by atoms with E-state index in [1.165, 1.54) is 5.56 Å². The predicted molar refractivity (Wildman–Crippen MR) is 183 cm³/mol. The van der Waals surface area contributed by atoms with Crippen molar-refractivity contribution in [2.45, 2.75) is 47.5 Å². The second-order valence-electron chi connectivity index (χ2n) is 12.2. The van der Waals surface area contributed by atoms with E-state index in [4.69, 9.17) is 11.2 Å². The average Bonchev–Trinajstić information content (AvgIpc) is 3.52. The minimum absolute atomic E-state index is 0. The number of hydrogen-bond donors (Lipinski definition) is 0. The molecule has 0 radical (unpaired) electrons. The summed E-state index contributed by atoms with van der Waals surface area (Å²) in [6.07, 6.45) is 3.81. The van der Waals surface area contributed by atoms with Crippen LogP contribution in [0, 0.1) is 38.8 Å². The number of rotatable bonds is 8. The molecule has 0 aliphatic rings. The summed E-state index contributed by atoms with van der Waals surface area (Å²) >= 11 is 0. The third-order valence-electron chi connectivity index (χ3n) is 8.33. The molecule has 3 heterocycles. The van der Waals surface area contributed by atoms with E-state index in [0.717, 1.165) is 74.2 Å². The Morgan fingerprint density at radius 1 is 0.870 bits per heavy atom. The molecule has 7 aromatic rings. The van der Waals surface area contributed by atoms with Gasteiger partial charge in [0.05, 0.1) is 7.06 Å². The van der Waals surface area contributed by atoms with E-state index in [2.05, 4.69) is 98.8 Å². The number of pyridine rings is 1. The molecule has 0 fully saturated rings. The predicted octanol–water partition coefficient (Wildman–Crippen LogP) is 9.94. The number of aromatic nitrogens is 4. The summed E-state index contributed by atoms with van der Waals surface area (Å²) in [7, 11) is 0. The Labute approximate surface area is 286 Å². The first-order valence-corrected chi connectivity index (χ1v) is 15.5. The molecule has 4 aromatic carbocycles. The maximum Gasteiger partial charge on any atom is 2.00 e. The van der Waals surface area contributed by atoms with Crippen molar-refractivity contribution in [1.82, 2.24) is 19.3 Å². The summed E-state index contributed by atoms with van der Waals surface area (Å²) < 4.78 is 18.9. The maximum atomic E-state index is 8.27. The molecule has 0 saturated heterocycles. The summed E-state index contributed by atoms with van der Waals surface area (Å²) in [6.45, 7) is 10.7. The molecule has 0 unspecified atom stereocenters. The van der Waals surface area contributed by atoms with Crippen LogP contribution in [0.15, 0.2) is 97.2 Å². The number of hydrogen-bond acceptors (Lipinski definition) is 3. The molecule has 5 nitrogen and oxygen atoms in total. The first-order chi connectivity index (χ1) is 22.2. The second kappa shape index (κ2) is 13.1. The topological polar surface area (TPSA) is 44.9 Å². The minimum Gasteiger partial charge on any atom is -0.509 e. The molecular weight excluding hydrogens is 748 g/mol. The zero-order valence-corrected chi connectivity index (χ0v) is 28.9. The van der Waals surface area contributed by atoms with Gasteiger partial charge in [-0.3, -0.25) is 4.68 Å². The molecule has 46 heavy (non-hydrogen) atoms. The fourth-order valence-corrected chi connectivity index (χ4v) is 6.12. The number of para-hydroxylation sites is 1. The van der Waals surface area contributed by atoms with Crippen LogP contribution in [0.2, 0.25) is 0 Å². The minimum atomic E-state index is 0. The van der Waals surface area contributed by atoms with Crippen molar-refractivity contribution in [3.05, 3.63) is 132 Å². The molecule has 0 spiro atoms. The number of nitrogens with zero attached hydrogens (tertiary/aromatic N) is 4. The molecule has 0 atom stereocenters. The Balaban J connectivity index is 0.00000386. The molecular formula is C40H36N4OPt. The molecule has 7 rings (SSSR count). The average molecular weight is 785 g/mol. The Morgan fingerprint density at radius 3 is 2.48 bits per heavy atom. The van der Waals surface area contributed by atoms with E-state index in [1.54, 1.807) is 0 Å². The van der Waals surface area contributed by atoms with E-state index in [9.17, 15) is 0 Å². The van der Waals surface area contributed by atoms with Crippen molar-refractivity contribution < 1.29 is 27.2 Å². The van der Waals surface area contributed by atoms with Crippen LogP contribution < -0.4 is 4.74 Å². The molecule has 0 N–H and O–H groups in total. The van der Waals surface area contributed by atoms with Crippen molar-refractivity contribution in [2.24, 2.45) is 5.92 Å². The van der Waals surface area contributed by atoms with Crippen LogP contribution in [0.25, 0.3) is 44.4 Å². The van der Waals surface area contributed by atoms with Gasteiger partial charge in [0.15, 0.2) is 0 Å². The van der Waals surface area contributed by atoms with Crippen LogP contribution in [0.4, 0.5) is 0 Å². The van der Waals surface area contributed by atoms with Gasteiger partial charge in [-0.15, -0.1) is 35.7 Å². The number of ether oxygens (including phenoxy) is 1. The van der Waals surface area contributed by atoms with Crippen LogP contribution >= 0.6 is 0 Å². The van der Waals surface area contributed by atoms with Crippen molar-refractivity contribution in [3.63, 3.8) is 0 Å². The second-order valence-corrected chi connectivity index (χ2v) is 12.2. The Hall–Kier alpha value is -4.47. The first kappa shape index (κ1) is 30.2. The molecule has 232 valence electrons. The fourth-order valence-electron chi connectivity index (χ4n) is 6.12. The Kier molecular flexibility index (Phi) is 8.60. The van der Waals surface area contributed by atoms with Crippen molar-refractivity contribution >= 4 is 21.8 Å². The van der Waals surface area contributed by atoms with Gasteiger partial charge in [0.1, 0.15) is 5.82 Å². The zero-order chi connectivity index (χ0) is 31.9. The van der Waals surface area contributed by atoms with E-state index in [0.29, 0.717) is 23.5 Å². The van der Waals surface area contributed by atoms with Gasteiger partial charge in [0, 0.05) is 34.5 Å².